The van der Waals surface area contributed by atoms with Crippen LogP contribution in [0.4, 0.5) is 0 Å². The maximum absolute atomic E-state index is 5.47. The molecule has 1 atom stereocenters. The molecule has 0 unspecified atom stereocenters. The van der Waals surface area contributed by atoms with Crippen molar-refractivity contribution in [3.05, 3.63) is 52.8 Å². The third-order valence-electron chi connectivity index (χ3n) is 4.28. The summed E-state index contributed by atoms with van der Waals surface area (Å²) in [6.45, 7) is 4.87. The molecule has 1 aliphatic heterocycles. The number of benzene rings is 1. The monoisotopic (exact) mass is 285 g/mol. The molecule has 0 bridgehead atoms. The van der Waals surface area contributed by atoms with Gasteiger partial charge in [0.05, 0.1) is 24.5 Å². The van der Waals surface area contributed by atoms with Crippen LogP contribution in [0.1, 0.15) is 28.4 Å². The predicted molar refractivity (Wildman–Crippen MR) is 83.1 cm³/mol. The Bertz CT molecular complexity index is 620. The summed E-state index contributed by atoms with van der Waals surface area (Å²) in [5.41, 5.74) is 5.34. The summed E-state index contributed by atoms with van der Waals surface area (Å²) < 4.78 is 7.47. The molecule has 0 N–H and O–H groups in total. The summed E-state index contributed by atoms with van der Waals surface area (Å²) in [6, 6.07) is 9.03. The third kappa shape index (κ3) is 2.87. The van der Waals surface area contributed by atoms with Gasteiger partial charge in [0.1, 0.15) is 0 Å². The average Bonchev–Trinajstić information content (AvgIpc) is 2.83. The van der Waals surface area contributed by atoms with Crippen LogP contribution in [0.5, 0.6) is 0 Å². The Morgan fingerprint density at radius 2 is 2.24 bits per heavy atom. The van der Waals surface area contributed by atoms with Crippen molar-refractivity contribution in [3.8, 4) is 0 Å². The molecule has 3 rings (SSSR count). The number of aryl methyl sites for hydroxylation is 2. The van der Waals surface area contributed by atoms with Crippen LogP contribution in [-0.4, -0.2) is 34.9 Å². The zero-order valence-electron chi connectivity index (χ0n) is 13.0. The molecule has 0 amide bonds. The van der Waals surface area contributed by atoms with Gasteiger partial charge in [-0.15, -0.1) is 0 Å². The number of nitrogens with zero attached hydrogens (tertiary/aromatic N) is 3. The molecule has 0 saturated carbocycles. The molecule has 21 heavy (non-hydrogen) atoms. The lowest BCUT2D eigenvalue weighted by molar-refractivity contribution is 0.0734. The molecule has 4 nitrogen and oxygen atoms in total. The Kier molecular flexibility index (Phi) is 4.08. The molecule has 2 heterocycles. The van der Waals surface area contributed by atoms with Crippen LogP contribution in [0.15, 0.2) is 30.5 Å². The van der Waals surface area contributed by atoms with Gasteiger partial charge in [-0.05, 0) is 24.5 Å². The van der Waals surface area contributed by atoms with Crippen molar-refractivity contribution in [1.82, 2.24) is 14.7 Å². The van der Waals surface area contributed by atoms with Gasteiger partial charge in [0.2, 0.25) is 0 Å². The fourth-order valence-corrected chi connectivity index (χ4v) is 3.28. The quantitative estimate of drug-likeness (QED) is 0.864. The van der Waals surface area contributed by atoms with Gasteiger partial charge in [0.15, 0.2) is 0 Å². The van der Waals surface area contributed by atoms with Gasteiger partial charge in [-0.25, -0.2) is 0 Å². The molecule has 0 aliphatic carbocycles. The second-order valence-corrected chi connectivity index (χ2v) is 5.86. The van der Waals surface area contributed by atoms with Crippen LogP contribution in [0.3, 0.4) is 0 Å². The van der Waals surface area contributed by atoms with E-state index in [1.54, 1.807) is 7.11 Å². The van der Waals surface area contributed by atoms with Gasteiger partial charge in [0, 0.05) is 27.2 Å². The van der Waals surface area contributed by atoms with Crippen molar-refractivity contribution in [1.29, 1.82) is 0 Å². The van der Waals surface area contributed by atoms with E-state index in [-0.39, 0.29) is 6.04 Å². The molecule has 112 valence electrons. The topological polar surface area (TPSA) is 30.3 Å². The second kappa shape index (κ2) is 6.00. The van der Waals surface area contributed by atoms with Gasteiger partial charge >= 0.3 is 0 Å². The largest absolute Gasteiger partial charge is 0.383 e. The normalized spacial score (nSPS) is 18.7. The predicted octanol–water partition coefficient (Wildman–Crippen LogP) is 2.47. The lowest BCUT2D eigenvalue weighted by Crippen LogP contribution is -2.38. The van der Waals surface area contributed by atoms with Crippen LogP contribution >= 0.6 is 0 Å². The molecule has 0 spiro atoms. The van der Waals surface area contributed by atoms with Crippen molar-refractivity contribution >= 4 is 0 Å². The van der Waals surface area contributed by atoms with Crippen LogP contribution in [-0.2, 0) is 24.8 Å². The summed E-state index contributed by atoms with van der Waals surface area (Å²) in [6.07, 6.45) is 3.07. The molecule has 1 aliphatic rings. The van der Waals surface area contributed by atoms with E-state index in [4.69, 9.17) is 4.74 Å². The van der Waals surface area contributed by atoms with Gasteiger partial charge in [-0.1, -0.05) is 29.8 Å². The maximum atomic E-state index is 5.47. The lowest BCUT2D eigenvalue weighted by atomic mass is 9.99. The van der Waals surface area contributed by atoms with Crippen LogP contribution in [0, 0.1) is 6.92 Å². The van der Waals surface area contributed by atoms with Crippen molar-refractivity contribution in [2.45, 2.75) is 25.9 Å². The Hall–Kier alpha value is -1.65. The molecule has 1 aromatic heterocycles. The number of rotatable bonds is 4. The highest BCUT2D eigenvalue weighted by Crippen LogP contribution is 2.30. The summed E-state index contributed by atoms with van der Waals surface area (Å²) >= 11 is 0. The van der Waals surface area contributed by atoms with E-state index in [1.807, 2.05) is 17.9 Å². The number of ether oxygens (including phenoxy) is 1. The van der Waals surface area contributed by atoms with E-state index in [1.165, 1.54) is 22.4 Å². The van der Waals surface area contributed by atoms with Gasteiger partial charge in [-0.3, -0.25) is 9.58 Å². The standard InChI is InChI=1S/C17H23N3O/c1-13-5-4-6-14(9-13)11-20-8-7-15-10-18-19(2)17(15)16(20)12-21-3/h4-6,9-10,16H,7-8,11-12H2,1-3H3/t16-/m0/s1. The van der Waals surface area contributed by atoms with E-state index in [2.05, 4.69) is 41.2 Å². The molecular formula is C17H23N3O. The Morgan fingerprint density at radius 1 is 1.38 bits per heavy atom. The fourth-order valence-electron chi connectivity index (χ4n) is 3.28. The van der Waals surface area contributed by atoms with E-state index in [0.717, 1.165) is 19.5 Å². The third-order valence-corrected chi connectivity index (χ3v) is 4.28. The average molecular weight is 285 g/mol. The summed E-state index contributed by atoms with van der Waals surface area (Å²) in [7, 11) is 3.80. The number of hydrogen-bond acceptors (Lipinski definition) is 3. The minimum absolute atomic E-state index is 0.284. The number of methoxy groups -OCH3 is 1. The first-order chi connectivity index (χ1) is 10.2. The highest BCUT2D eigenvalue weighted by Gasteiger charge is 2.30. The van der Waals surface area contributed by atoms with E-state index in [0.29, 0.717) is 6.61 Å². The highest BCUT2D eigenvalue weighted by atomic mass is 16.5. The van der Waals surface area contributed by atoms with Gasteiger partial charge < -0.3 is 4.74 Å². The van der Waals surface area contributed by atoms with E-state index in [9.17, 15) is 0 Å². The Balaban J connectivity index is 1.86. The molecule has 0 fully saturated rings. The van der Waals surface area contributed by atoms with Crippen molar-refractivity contribution in [3.63, 3.8) is 0 Å². The number of fused-ring (bicyclic) bond motifs is 1. The van der Waals surface area contributed by atoms with Crippen LogP contribution in [0.2, 0.25) is 0 Å². The summed E-state index contributed by atoms with van der Waals surface area (Å²) in [5, 5.41) is 4.42. The van der Waals surface area contributed by atoms with Gasteiger partial charge in [-0.2, -0.15) is 5.10 Å². The van der Waals surface area contributed by atoms with Crippen molar-refractivity contribution in [2.24, 2.45) is 7.05 Å². The van der Waals surface area contributed by atoms with Crippen LogP contribution < -0.4 is 0 Å². The first kappa shape index (κ1) is 14.3. The molecule has 1 aromatic carbocycles. The summed E-state index contributed by atoms with van der Waals surface area (Å²) in [5.74, 6) is 0. The maximum Gasteiger partial charge on any atom is 0.0760 e. The van der Waals surface area contributed by atoms with Crippen molar-refractivity contribution < 1.29 is 4.74 Å². The minimum Gasteiger partial charge on any atom is -0.383 e. The Morgan fingerprint density at radius 3 is 3.00 bits per heavy atom. The molecule has 0 saturated heterocycles. The molecule has 2 aromatic rings. The van der Waals surface area contributed by atoms with Crippen LogP contribution in [0.25, 0.3) is 0 Å². The lowest BCUT2D eigenvalue weighted by Gasteiger charge is -2.35. The second-order valence-electron chi connectivity index (χ2n) is 5.86. The molecule has 0 radical (unpaired) electrons. The first-order valence-electron chi connectivity index (χ1n) is 7.48. The van der Waals surface area contributed by atoms with E-state index < -0.39 is 0 Å². The zero-order valence-corrected chi connectivity index (χ0v) is 13.0. The smallest absolute Gasteiger partial charge is 0.0760 e. The number of aromatic nitrogens is 2. The highest BCUT2D eigenvalue weighted by molar-refractivity contribution is 5.27. The van der Waals surface area contributed by atoms with Crippen molar-refractivity contribution in [2.75, 3.05) is 20.3 Å². The fraction of sp³-hybridized carbons (Fsp3) is 0.471. The first-order valence-corrected chi connectivity index (χ1v) is 7.48. The number of hydrogen-bond donors (Lipinski definition) is 0. The SMILES string of the molecule is COC[C@H]1c2c(cnn2C)CCN1Cc1cccc(C)c1. The Labute approximate surface area is 126 Å². The molecule has 4 heteroatoms. The minimum atomic E-state index is 0.284. The molecular weight excluding hydrogens is 262 g/mol. The van der Waals surface area contributed by atoms with E-state index >= 15 is 0 Å². The zero-order chi connectivity index (χ0) is 14.8. The van der Waals surface area contributed by atoms with Gasteiger partial charge in [0.25, 0.3) is 0 Å². The summed E-state index contributed by atoms with van der Waals surface area (Å²) in [4.78, 5) is 2.50.